The van der Waals surface area contributed by atoms with Gasteiger partial charge in [0.1, 0.15) is 5.82 Å². The average molecular weight is 350 g/mol. The van der Waals surface area contributed by atoms with Crippen LogP contribution in [0.15, 0.2) is 47.4 Å². The third kappa shape index (κ3) is 4.41. The minimum Gasteiger partial charge on any atom is -0.301 e. The number of hydrogen-bond acceptors (Lipinski definition) is 3. The first-order valence-corrected chi connectivity index (χ1v) is 9.18. The van der Waals surface area contributed by atoms with Crippen LogP contribution in [0.5, 0.6) is 0 Å². The Labute approximate surface area is 143 Å². The smallest absolute Gasteiger partial charge is 0.240 e. The number of benzene rings is 2. The van der Waals surface area contributed by atoms with E-state index in [9.17, 15) is 12.8 Å². The van der Waals surface area contributed by atoms with Crippen molar-refractivity contribution in [3.8, 4) is 0 Å². The number of rotatable bonds is 6. The first-order valence-electron chi connectivity index (χ1n) is 7.69. The molecule has 0 aliphatic heterocycles. The van der Waals surface area contributed by atoms with Crippen LogP contribution in [-0.2, 0) is 10.0 Å². The van der Waals surface area contributed by atoms with E-state index in [1.807, 2.05) is 32.0 Å². The Balaban J connectivity index is 2.24. The molecular formula is C18H23FN2O2S. The molecule has 24 heavy (non-hydrogen) atoms. The van der Waals surface area contributed by atoms with Crippen molar-refractivity contribution in [1.82, 2.24) is 9.62 Å². The van der Waals surface area contributed by atoms with Gasteiger partial charge in [0.15, 0.2) is 0 Å². The highest BCUT2D eigenvalue weighted by Crippen LogP contribution is 2.21. The van der Waals surface area contributed by atoms with E-state index in [1.165, 1.54) is 12.1 Å². The number of nitrogens with one attached hydrogen (secondary N) is 1. The van der Waals surface area contributed by atoms with Crippen LogP contribution in [0.1, 0.15) is 22.7 Å². The molecule has 0 heterocycles. The number of nitrogens with zero attached hydrogens (tertiary/aromatic N) is 1. The van der Waals surface area contributed by atoms with Gasteiger partial charge in [0.2, 0.25) is 10.0 Å². The van der Waals surface area contributed by atoms with E-state index in [-0.39, 0.29) is 23.3 Å². The standard InChI is InChI=1S/C18H23FN2O2S/c1-13-8-9-14(2)18(10-13)24(22,23)20-12-17(21(3)4)15-6-5-7-16(19)11-15/h5-11,17,20H,12H2,1-4H3/t17-/m0/s1. The zero-order valence-corrected chi connectivity index (χ0v) is 15.2. The number of hydrogen-bond donors (Lipinski definition) is 1. The second kappa shape index (κ2) is 7.42. The summed E-state index contributed by atoms with van der Waals surface area (Å²) in [6.07, 6.45) is 0. The topological polar surface area (TPSA) is 49.4 Å². The third-order valence-corrected chi connectivity index (χ3v) is 5.52. The molecule has 0 aromatic heterocycles. The predicted molar refractivity (Wildman–Crippen MR) is 93.9 cm³/mol. The predicted octanol–water partition coefficient (Wildman–Crippen LogP) is 3.02. The van der Waals surface area contributed by atoms with Crippen LogP contribution in [0.25, 0.3) is 0 Å². The van der Waals surface area contributed by atoms with E-state index in [0.29, 0.717) is 5.56 Å². The molecule has 0 amide bonds. The van der Waals surface area contributed by atoms with Gasteiger partial charge in [0.05, 0.1) is 4.90 Å². The number of sulfonamides is 1. The van der Waals surface area contributed by atoms with Gasteiger partial charge in [0.25, 0.3) is 0 Å². The normalized spacial score (nSPS) is 13.2. The molecule has 1 N–H and O–H groups in total. The number of likely N-dealkylation sites (N-methyl/N-ethyl adjacent to an activating group) is 1. The summed E-state index contributed by atoms with van der Waals surface area (Å²) < 4.78 is 41.4. The number of halogens is 1. The van der Waals surface area contributed by atoms with Gasteiger partial charge in [-0.2, -0.15) is 0 Å². The minimum absolute atomic E-state index is 0.159. The molecule has 1 atom stereocenters. The van der Waals surface area contributed by atoms with Crippen molar-refractivity contribution in [3.63, 3.8) is 0 Å². The lowest BCUT2D eigenvalue weighted by Crippen LogP contribution is -2.34. The molecule has 0 radical (unpaired) electrons. The zero-order valence-electron chi connectivity index (χ0n) is 14.4. The van der Waals surface area contributed by atoms with E-state index in [0.717, 1.165) is 11.1 Å². The van der Waals surface area contributed by atoms with Crippen molar-refractivity contribution in [2.45, 2.75) is 24.8 Å². The summed E-state index contributed by atoms with van der Waals surface area (Å²) in [7, 11) is 0.0396. The highest BCUT2D eigenvalue weighted by molar-refractivity contribution is 7.89. The van der Waals surface area contributed by atoms with Gasteiger partial charge in [0, 0.05) is 12.6 Å². The second-order valence-electron chi connectivity index (χ2n) is 6.16. The molecule has 0 fully saturated rings. The van der Waals surface area contributed by atoms with E-state index in [1.54, 1.807) is 31.2 Å². The van der Waals surface area contributed by atoms with Crippen LogP contribution in [0.3, 0.4) is 0 Å². The maximum Gasteiger partial charge on any atom is 0.240 e. The van der Waals surface area contributed by atoms with Gasteiger partial charge in [-0.3, -0.25) is 0 Å². The molecule has 0 saturated carbocycles. The Kier molecular flexibility index (Phi) is 5.74. The van der Waals surface area contributed by atoms with Crippen LogP contribution in [0.4, 0.5) is 4.39 Å². The number of aryl methyl sites for hydroxylation is 2. The molecule has 0 bridgehead atoms. The molecule has 4 nitrogen and oxygen atoms in total. The fraction of sp³-hybridized carbons (Fsp3) is 0.333. The average Bonchev–Trinajstić information content (AvgIpc) is 2.49. The second-order valence-corrected chi connectivity index (χ2v) is 7.89. The first-order chi connectivity index (χ1) is 11.2. The van der Waals surface area contributed by atoms with Crippen LogP contribution in [0, 0.1) is 19.7 Å². The van der Waals surface area contributed by atoms with Crippen molar-refractivity contribution < 1.29 is 12.8 Å². The first kappa shape index (κ1) is 18.6. The highest BCUT2D eigenvalue weighted by Gasteiger charge is 2.21. The Morgan fingerprint density at radius 2 is 1.83 bits per heavy atom. The van der Waals surface area contributed by atoms with E-state index in [4.69, 9.17) is 0 Å². The molecule has 6 heteroatoms. The molecule has 2 rings (SSSR count). The van der Waals surface area contributed by atoms with Crippen molar-refractivity contribution in [1.29, 1.82) is 0 Å². The van der Waals surface area contributed by atoms with Crippen LogP contribution >= 0.6 is 0 Å². The van der Waals surface area contributed by atoms with Gasteiger partial charge in [-0.1, -0.05) is 24.3 Å². The SMILES string of the molecule is Cc1ccc(C)c(S(=O)(=O)NC[C@@H](c2cccc(F)c2)N(C)C)c1. The Bertz CT molecular complexity index is 820. The van der Waals surface area contributed by atoms with Crippen LogP contribution in [0.2, 0.25) is 0 Å². The summed E-state index contributed by atoms with van der Waals surface area (Å²) >= 11 is 0. The fourth-order valence-electron chi connectivity index (χ4n) is 2.58. The van der Waals surface area contributed by atoms with E-state index < -0.39 is 10.0 Å². The molecule has 0 saturated heterocycles. The van der Waals surface area contributed by atoms with Gasteiger partial charge in [-0.05, 0) is 62.8 Å². The monoisotopic (exact) mass is 350 g/mol. The maximum absolute atomic E-state index is 13.5. The van der Waals surface area contributed by atoms with E-state index >= 15 is 0 Å². The zero-order chi connectivity index (χ0) is 17.9. The molecule has 2 aromatic rings. The van der Waals surface area contributed by atoms with Crippen molar-refractivity contribution in [3.05, 3.63) is 65.0 Å². The van der Waals surface area contributed by atoms with Crippen LogP contribution in [-0.4, -0.2) is 34.0 Å². The lowest BCUT2D eigenvalue weighted by molar-refractivity contribution is 0.299. The van der Waals surface area contributed by atoms with Gasteiger partial charge in [-0.15, -0.1) is 0 Å². The summed E-state index contributed by atoms with van der Waals surface area (Å²) in [5.74, 6) is -0.336. The molecule has 0 aliphatic carbocycles. The molecule has 130 valence electrons. The molecule has 0 unspecified atom stereocenters. The van der Waals surface area contributed by atoms with Gasteiger partial charge in [-0.25, -0.2) is 17.5 Å². The molecule has 0 aliphatic rings. The fourth-order valence-corrected chi connectivity index (χ4v) is 3.94. The van der Waals surface area contributed by atoms with Gasteiger partial charge >= 0.3 is 0 Å². The van der Waals surface area contributed by atoms with E-state index in [2.05, 4.69) is 4.72 Å². The summed E-state index contributed by atoms with van der Waals surface area (Å²) in [5, 5.41) is 0. The van der Waals surface area contributed by atoms with Crippen molar-refractivity contribution in [2.24, 2.45) is 0 Å². The summed E-state index contributed by atoms with van der Waals surface area (Å²) in [6, 6.07) is 11.3. The highest BCUT2D eigenvalue weighted by atomic mass is 32.2. The molecular weight excluding hydrogens is 327 g/mol. The summed E-state index contributed by atoms with van der Waals surface area (Å²) in [5.41, 5.74) is 2.30. The van der Waals surface area contributed by atoms with Crippen molar-refractivity contribution >= 4 is 10.0 Å². The summed E-state index contributed by atoms with van der Waals surface area (Å²) in [4.78, 5) is 2.14. The summed E-state index contributed by atoms with van der Waals surface area (Å²) in [6.45, 7) is 3.78. The van der Waals surface area contributed by atoms with Crippen LogP contribution < -0.4 is 4.72 Å². The van der Waals surface area contributed by atoms with Crippen molar-refractivity contribution in [2.75, 3.05) is 20.6 Å². The minimum atomic E-state index is -3.63. The molecule has 2 aromatic carbocycles. The maximum atomic E-state index is 13.5. The quantitative estimate of drug-likeness (QED) is 0.871. The Hall–Kier alpha value is -1.76. The Morgan fingerprint density at radius 1 is 1.12 bits per heavy atom. The largest absolute Gasteiger partial charge is 0.301 e. The Morgan fingerprint density at radius 3 is 2.46 bits per heavy atom. The van der Waals surface area contributed by atoms with Gasteiger partial charge < -0.3 is 4.90 Å². The third-order valence-electron chi connectivity index (χ3n) is 3.96. The lowest BCUT2D eigenvalue weighted by Gasteiger charge is -2.25. The molecule has 0 spiro atoms. The lowest BCUT2D eigenvalue weighted by atomic mass is 10.1.